The van der Waals surface area contributed by atoms with Gasteiger partial charge < -0.3 is 9.30 Å². The van der Waals surface area contributed by atoms with Crippen molar-refractivity contribution < 1.29 is 9.13 Å². The van der Waals surface area contributed by atoms with Crippen molar-refractivity contribution in [3.05, 3.63) is 69.2 Å². The van der Waals surface area contributed by atoms with E-state index in [1.807, 2.05) is 37.6 Å². The summed E-state index contributed by atoms with van der Waals surface area (Å²) < 4.78 is 21.7. The lowest BCUT2D eigenvalue weighted by Crippen LogP contribution is -2.10. The zero-order valence-electron chi connectivity index (χ0n) is 15.0. The third-order valence-corrected chi connectivity index (χ3v) is 5.91. The van der Waals surface area contributed by atoms with Crippen molar-refractivity contribution in [1.29, 1.82) is 0 Å². The van der Waals surface area contributed by atoms with Crippen molar-refractivity contribution in [2.24, 2.45) is 7.05 Å². The summed E-state index contributed by atoms with van der Waals surface area (Å²) in [7, 11) is 1.85. The molecule has 0 bridgehead atoms. The summed E-state index contributed by atoms with van der Waals surface area (Å²) in [5.74, 6) is 1.42. The van der Waals surface area contributed by atoms with Gasteiger partial charge in [0.05, 0.1) is 0 Å². The minimum Gasteiger partial charge on any atom is -0.483 e. The minimum atomic E-state index is -0.327. The van der Waals surface area contributed by atoms with Gasteiger partial charge in [-0.25, -0.2) is 4.39 Å². The molecule has 4 nitrogen and oxygen atoms in total. The largest absolute Gasteiger partial charge is 0.483 e. The van der Waals surface area contributed by atoms with Crippen LogP contribution >= 0.6 is 35.0 Å². The highest BCUT2D eigenvalue weighted by Crippen LogP contribution is 2.30. The molecule has 3 rings (SSSR count). The number of ether oxygens (including phenoxy) is 1. The number of hydrogen-bond acceptors (Lipinski definition) is 4. The Labute approximate surface area is 171 Å². The number of aromatic nitrogens is 3. The molecule has 0 aliphatic carbocycles. The van der Waals surface area contributed by atoms with E-state index in [2.05, 4.69) is 10.2 Å². The number of thioether (sulfide) groups is 1. The second kappa shape index (κ2) is 8.50. The summed E-state index contributed by atoms with van der Waals surface area (Å²) in [5.41, 5.74) is 1.40. The fourth-order valence-corrected chi connectivity index (χ4v) is 3.94. The van der Waals surface area contributed by atoms with Crippen LogP contribution in [0.1, 0.15) is 30.0 Å². The molecule has 0 N–H and O–H groups in total. The summed E-state index contributed by atoms with van der Waals surface area (Å²) >= 11 is 13.5. The quantitative estimate of drug-likeness (QED) is 0.453. The van der Waals surface area contributed by atoms with Gasteiger partial charge in [0.25, 0.3) is 0 Å². The summed E-state index contributed by atoms with van der Waals surface area (Å²) in [5, 5.41) is 10.2. The number of halogens is 3. The number of rotatable bonds is 6. The highest BCUT2D eigenvalue weighted by molar-refractivity contribution is 7.98. The number of benzene rings is 2. The van der Waals surface area contributed by atoms with Crippen LogP contribution in [0.5, 0.6) is 5.75 Å². The molecule has 1 heterocycles. The van der Waals surface area contributed by atoms with Gasteiger partial charge in [0, 0.05) is 28.4 Å². The molecule has 27 heavy (non-hydrogen) atoms. The monoisotopic (exact) mass is 425 g/mol. The molecule has 3 aromatic rings. The van der Waals surface area contributed by atoms with E-state index < -0.39 is 0 Å². The van der Waals surface area contributed by atoms with Crippen LogP contribution in [-0.4, -0.2) is 14.8 Å². The first-order valence-corrected chi connectivity index (χ1v) is 9.98. The van der Waals surface area contributed by atoms with E-state index in [-0.39, 0.29) is 11.9 Å². The third-order valence-electron chi connectivity index (χ3n) is 4.08. The molecule has 0 aliphatic rings. The Bertz CT molecular complexity index is 944. The van der Waals surface area contributed by atoms with Gasteiger partial charge in [-0.3, -0.25) is 0 Å². The second-order valence-electron chi connectivity index (χ2n) is 6.06. The van der Waals surface area contributed by atoms with Crippen LogP contribution in [0.2, 0.25) is 10.0 Å². The first-order valence-electron chi connectivity index (χ1n) is 8.24. The van der Waals surface area contributed by atoms with Crippen LogP contribution in [0.25, 0.3) is 0 Å². The Balaban J connectivity index is 1.71. The molecule has 0 fully saturated rings. The van der Waals surface area contributed by atoms with Gasteiger partial charge in [-0.15, -0.1) is 10.2 Å². The van der Waals surface area contributed by atoms with E-state index in [1.165, 1.54) is 17.8 Å². The average molecular weight is 426 g/mol. The molecule has 0 saturated carbocycles. The smallest absolute Gasteiger partial charge is 0.191 e. The summed E-state index contributed by atoms with van der Waals surface area (Å²) in [6, 6.07) is 10.2. The van der Waals surface area contributed by atoms with Crippen LogP contribution in [0.4, 0.5) is 4.39 Å². The highest BCUT2D eigenvalue weighted by Gasteiger charge is 2.18. The lowest BCUT2D eigenvalue weighted by atomic mass is 10.2. The Kier molecular flexibility index (Phi) is 6.29. The summed E-state index contributed by atoms with van der Waals surface area (Å²) in [6.45, 7) is 3.82. The van der Waals surface area contributed by atoms with Crippen molar-refractivity contribution in [3.63, 3.8) is 0 Å². The van der Waals surface area contributed by atoms with E-state index >= 15 is 0 Å². The van der Waals surface area contributed by atoms with Gasteiger partial charge in [0.15, 0.2) is 17.1 Å². The first-order chi connectivity index (χ1) is 12.9. The fourth-order valence-electron chi connectivity index (χ4n) is 2.56. The van der Waals surface area contributed by atoms with E-state index in [1.54, 1.807) is 18.2 Å². The topological polar surface area (TPSA) is 39.9 Å². The second-order valence-corrected chi connectivity index (χ2v) is 7.82. The molecule has 142 valence electrons. The van der Waals surface area contributed by atoms with E-state index in [0.29, 0.717) is 38.1 Å². The average Bonchev–Trinajstić information content (AvgIpc) is 2.98. The van der Waals surface area contributed by atoms with Gasteiger partial charge in [-0.2, -0.15) is 0 Å². The van der Waals surface area contributed by atoms with Crippen LogP contribution in [0.15, 0.2) is 41.6 Å². The summed E-state index contributed by atoms with van der Waals surface area (Å²) in [4.78, 5) is 0. The third kappa shape index (κ3) is 4.57. The Hall–Kier alpha value is -1.76. The van der Waals surface area contributed by atoms with E-state index in [9.17, 15) is 4.39 Å². The maximum atomic E-state index is 13.9. The van der Waals surface area contributed by atoms with Crippen molar-refractivity contribution in [2.45, 2.75) is 30.9 Å². The van der Waals surface area contributed by atoms with Gasteiger partial charge in [-0.1, -0.05) is 41.0 Å². The standard InChI is InChI=1S/C19H18Cl2FN3OS/c1-11-9-13(7-8-15(11)20)26-12(2)18-23-24-19(25(18)3)27-10-14-16(21)5-4-6-17(14)22/h4-9,12H,10H2,1-3H3. The van der Waals surface area contributed by atoms with Gasteiger partial charge in [0.2, 0.25) is 0 Å². The molecule has 8 heteroatoms. The first kappa shape index (κ1) is 20.0. The maximum absolute atomic E-state index is 13.9. The fraction of sp³-hybridized carbons (Fsp3) is 0.263. The Morgan fingerprint density at radius 2 is 1.96 bits per heavy atom. The zero-order valence-corrected chi connectivity index (χ0v) is 17.4. The van der Waals surface area contributed by atoms with Crippen molar-refractivity contribution in [2.75, 3.05) is 0 Å². The van der Waals surface area contributed by atoms with Crippen LogP contribution < -0.4 is 4.74 Å². The van der Waals surface area contributed by atoms with Gasteiger partial charge in [-0.05, 0) is 49.7 Å². The minimum absolute atomic E-state index is 0.311. The number of hydrogen-bond donors (Lipinski definition) is 0. The van der Waals surface area contributed by atoms with Crippen LogP contribution in [0.3, 0.4) is 0 Å². The molecule has 0 radical (unpaired) electrons. The van der Waals surface area contributed by atoms with E-state index in [4.69, 9.17) is 27.9 Å². The molecule has 2 aromatic carbocycles. The number of nitrogens with zero attached hydrogens (tertiary/aromatic N) is 3. The molecule has 1 unspecified atom stereocenters. The maximum Gasteiger partial charge on any atom is 0.191 e. The van der Waals surface area contributed by atoms with E-state index in [0.717, 1.165) is 5.56 Å². The molecule has 0 saturated heterocycles. The Morgan fingerprint density at radius 1 is 1.19 bits per heavy atom. The molecular weight excluding hydrogens is 408 g/mol. The summed E-state index contributed by atoms with van der Waals surface area (Å²) in [6.07, 6.45) is -0.311. The molecular formula is C19H18Cl2FN3OS. The zero-order chi connectivity index (χ0) is 19.6. The molecule has 0 amide bonds. The van der Waals surface area contributed by atoms with Crippen molar-refractivity contribution >= 4 is 35.0 Å². The predicted octanol–water partition coefficient (Wildman–Crippen LogP) is 6.00. The lowest BCUT2D eigenvalue weighted by Gasteiger charge is -2.15. The Morgan fingerprint density at radius 3 is 2.67 bits per heavy atom. The van der Waals surface area contributed by atoms with Gasteiger partial charge >= 0.3 is 0 Å². The van der Waals surface area contributed by atoms with Crippen LogP contribution in [0, 0.1) is 12.7 Å². The SMILES string of the molecule is Cc1cc(OC(C)c2nnc(SCc3c(F)cccc3Cl)n2C)ccc1Cl. The predicted molar refractivity (Wildman–Crippen MR) is 107 cm³/mol. The van der Waals surface area contributed by atoms with Crippen molar-refractivity contribution in [3.8, 4) is 5.75 Å². The molecule has 1 aromatic heterocycles. The normalized spacial score (nSPS) is 12.2. The van der Waals surface area contributed by atoms with Gasteiger partial charge in [0.1, 0.15) is 11.6 Å². The van der Waals surface area contributed by atoms with Crippen LogP contribution in [-0.2, 0) is 12.8 Å². The highest BCUT2D eigenvalue weighted by atomic mass is 35.5. The lowest BCUT2D eigenvalue weighted by molar-refractivity contribution is 0.211. The molecule has 1 atom stereocenters. The van der Waals surface area contributed by atoms with Crippen molar-refractivity contribution in [1.82, 2.24) is 14.8 Å². The molecule has 0 aliphatic heterocycles. The molecule has 0 spiro atoms. The number of aryl methyl sites for hydroxylation is 1.